The second kappa shape index (κ2) is 4.20. The summed E-state index contributed by atoms with van der Waals surface area (Å²) in [7, 11) is 0. The minimum Gasteiger partial charge on any atom is -0.324 e. The molecule has 3 nitrogen and oxygen atoms in total. The Balaban J connectivity index is 1.77. The van der Waals surface area contributed by atoms with Crippen LogP contribution in [0, 0.1) is 12.8 Å². The molecule has 1 atom stereocenters. The van der Waals surface area contributed by atoms with Crippen molar-refractivity contribution >= 4 is 11.3 Å². The molecular weight excluding hydrogens is 206 g/mol. The summed E-state index contributed by atoms with van der Waals surface area (Å²) in [6, 6.07) is 0. The number of rotatable bonds is 5. The molecule has 0 saturated heterocycles. The zero-order chi connectivity index (χ0) is 10.9. The predicted octanol–water partition coefficient (Wildman–Crippen LogP) is 1.67. The number of thiazole rings is 1. The van der Waals surface area contributed by atoms with Gasteiger partial charge in [-0.15, -0.1) is 11.3 Å². The third-order valence-electron chi connectivity index (χ3n) is 3.15. The number of nitrogens with one attached hydrogen (secondary N) is 1. The Morgan fingerprint density at radius 1 is 1.67 bits per heavy atom. The van der Waals surface area contributed by atoms with Crippen molar-refractivity contribution in [2.24, 2.45) is 11.7 Å². The van der Waals surface area contributed by atoms with Crippen molar-refractivity contribution < 1.29 is 0 Å². The molecule has 15 heavy (non-hydrogen) atoms. The summed E-state index contributed by atoms with van der Waals surface area (Å²) in [4.78, 5) is 5.55. The van der Waals surface area contributed by atoms with Crippen LogP contribution in [-0.4, -0.2) is 17.1 Å². The largest absolute Gasteiger partial charge is 0.324 e. The van der Waals surface area contributed by atoms with Gasteiger partial charge in [0.15, 0.2) is 0 Å². The molecule has 1 heterocycles. The Labute approximate surface area is 95.1 Å². The average molecular weight is 225 g/mol. The average Bonchev–Trinajstić information content (AvgIpc) is 2.94. The highest BCUT2D eigenvalue weighted by Crippen LogP contribution is 2.37. The number of hydrogen-bond donors (Lipinski definition) is 2. The van der Waals surface area contributed by atoms with Gasteiger partial charge < -0.3 is 11.1 Å². The highest BCUT2D eigenvalue weighted by atomic mass is 32.1. The Hall–Kier alpha value is -0.450. The zero-order valence-electron chi connectivity index (χ0n) is 9.42. The van der Waals surface area contributed by atoms with Gasteiger partial charge >= 0.3 is 0 Å². The molecule has 0 spiro atoms. The zero-order valence-corrected chi connectivity index (χ0v) is 10.2. The van der Waals surface area contributed by atoms with Crippen LogP contribution in [0.5, 0.6) is 0 Å². The van der Waals surface area contributed by atoms with E-state index in [1.165, 1.54) is 17.7 Å². The minimum absolute atomic E-state index is 0.0292. The highest BCUT2D eigenvalue weighted by molar-refractivity contribution is 7.09. The molecule has 2 rings (SSSR count). The van der Waals surface area contributed by atoms with Crippen molar-refractivity contribution in [2.45, 2.75) is 38.8 Å². The molecule has 1 aliphatic carbocycles. The molecule has 4 heteroatoms. The van der Waals surface area contributed by atoms with Crippen molar-refractivity contribution in [3.63, 3.8) is 0 Å². The van der Waals surface area contributed by atoms with E-state index in [2.05, 4.69) is 24.1 Å². The minimum atomic E-state index is -0.0292. The Morgan fingerprint density at radius 3 is 2.93 bits per heavy atom. The maximum Gasteiger partial charge on any atom is 0.0798 e. The molecule has 84 valence electrons. The lowest BCUT2D eigenvalue weighted by Crippen LogP contribution is -2.47. The topological polar surface area (TPSA) is 50.9 Å². The van der Waals surface area contributed by atoms with E-state index in [9.17, 15) is 0 Å². The molecule has 1 saturated carbocycles. The van der Waals surface area contributed by atoms with Crippen LogP contribution >= 0.6 is 11.3 Å². The second-order valence-corrected chi connectivity index (χ2v) is 5.68. The molecule has 1 aromatic heterocycles. The third-order valence-corrected chi connectivity index (χ3v) is 4.08. The van der Waals surface area contributed by atoms with Gasteiger partial charge in [0.1, 0.15) is 0 Å². The summed E-state index contributed by atoms with van der Waals surface area (Å²) in [6.07, 6.45) is 2.60. The maximum absolute atomic E-state index is 6.22. The highest BCUT2D eigenvalue weighted by Gasteiger charge is 2.37. The fourth-order valence-electron chi connectivity index (χ4n) is 1.83. The first-order chi connectivity index (χ1) is 7.09. The quantitative estimate of drug-likeness (QED) is 0.801. The van der Waals surface area contributed by atoms with Crippen LogP contribution in [0.2, 0.25) is 0 Å². The Bertz CT molecular complexity index is 328. The molecule has 0 aromatic carbocycles. The van der Waals surface area contributed by atoms with E-state index < -0.39 is 0 Å². The van der Waals surface area contributed by atoms with E-state index in [1.807, 2.05) is 5.51 Å². The number of nitrogens with two attached hydrogens (primary N) is 1. The van der Waals surface area contributed by atoms with Gasteiger partial charge in [0.05, 0.1) is 11.2 Å². The summed E-state index contributed by atoms with van der Waals surface area (Å²) < 4.78 is 0. The number of aryl methyl sites for hydroxylation is 1. The molecule has 0 bridgehead atoms. The summed E-state index contributed by atoms with van der Waals surface area (Å²) in [6.45, 7) is 6.00. The van der Waals surface area contributed by atoms with Crippen LogP contribution < -0.4 is 11.1 Å². The summed E-state index contributed by atoms with van der Waals surface area (Å²) >= 11 is 1.71. The van der Waals surface area contributed by atoms with Crippen LogP contribution in [0.25, 0.3) is 0 Å². The van der Waals surface area contributed by atoms with Crippen molar-refractivity contribution in [1.82, 2.24) is 10.3 Å². The molecule has 0 radical (unpaired) electrons. The lowest BCUT2D eigenvalue weighted by Gasteiger charge is -2.24. The van der Waals surface area contributed by atoms with Crippen molar-refractivity contribution in [3.8, 4) is 0 Å². The van der Waals surface area contributed by atoms with Gasteiger partial charge in [-0.3, -0.25) is 0 Å². The van der Waals surface area contributed by atoms with E-state index in [1.54, 1.807) is 11.3 Å². The number of nitrogens with zero attached hydrogens (tertiary/aromatic N) is 1. The van der Waals surface area contributed by atoms with Crippen LogP contribution in [0.1, 0.15) is 30.3 Å². The standard InChI is InChI=1S/C11H19N3S/c1-8-10(15-7-14-8)5-13-6-11(2,12)9-3-4-9/h7,9,13H,3-6,12H2,1-2H3. The monoisotopic (exact) mass is 225 g/mol. The molecular formula is C11H19N3S. The maximum atomic E-state index is 6.22. The first-order valence-electron chi connectivity index (χ1n) is 5.48. The van der Waals surface area contributed by atoms with E-state index in [0.29, 0.717) is 0 Å². The Kier molecular flexibility index (Phi) is 3.09. The number of hydrogen-bond acceptors (Lipinski definition) is 4. The van der Waals surface area contributed by atoms with Crippen molar-refractivity contribution in [3.05, 3.63) is 16.1 Å². The molecule has 0 aliphatic heterocycles. The lowest BCUT2D eigenvalue weighted by molar-refractivity contribution is 0.380. The van der Waals surface area contributed by atoms with Crippen LogP contribution in [-0.2, 0) is 6.54 Å². The van der Waals surface area contributed by atoms with Gasteiger partial charge in [-0.2, -0.15) is 0 Å². The van der Waals surface area contributed by atoms with Gasteiger partial charge in [-0.05, 0) is 32.6 Å². The van der Waals surface area contributed by atoms with Gasteiger partial charge in [0.2, 0.25) is 0 Å². The number of aromatic nitrogens is 1. The predicted molar refractivity (Wildman–Crippen MR) is 63.9 cm³/mol. The fourth-order valence-corrected chi connectivity index (χ4v) is 2.58. The van der Waals surface area contributed by atoms with Gasteiger partial charge in [0, 0.05) is 23.5 Å². The molecule has 1 fully saturated rings. The lowest BCUT2D eigenvalue weighted by atomic mass is 9.97. The SMILES string of the molecule is Cc1ncsc1CNCC(C)(N)C1CC1. The second-order valence-electron chi connectivity index (χ2n) is 4.74. The van der Waals surface area contributed by atoms with Gasteiger partial charge in [-0.25, -0.2) is 4.98 Å². The van der Waals surface area contributed by atoms with Crippen molar-refractivity contribution in [2.75, 3.05) is 6.54 Å². The molecule has 3 N–H and O–H groups in total. The van der Waals surface area contributed by atoms with Crippen LogP contribution in [0.4, 0.5) is 0 Å². The summed E-state index contributed by atoms with van der Waals surface area (Å²) in [5.41, 5.74) is 9.23. The van der Waals surface area contributed by atoms with Gasteiger partial charge in [-0.1, -0.05) is 0 Å². The van der Waals surface area contributed by atoms with Crippen molar-refractivity contribution in [1.29, 1.82) is 0 Å². The normalized spacial score (nSPS) is 20.2. The van der Waals surface area contributed by atoms with Gasteiger partial charge in [0.25, 0.3) is 0 Å². The van der Waals surface area contributed by atoms with E-state index in [4.69, 9.17) is 5.73 Å². The van der Waals surface area contributed by atoms with E-state index in [0.717, 1.165) is 24.7 Å². The third kappa shape index (κ3) is 2.77. The smallest absolute Gasteiger partial charge is 0.0798 e. The first kappa shape index (κ1) is 11.0. The summed E-state index contributed by atoms with van der Waals surface area (Å²) in [5.74, 6) is 0.729. The molecule has 1 aliphatic rings. The summed E-state index contributed by atoms with van der Waals surface area (Å²) in [5, 5.41) is 3.44. The van der Waals surface area contributed by atoms with E-state index in [-0.39, 0.29) is 5.54 Å². The van der Waals surface area contributed by atoms with E-state index >= 15 is 0 Å². The van der Waals surface area contributed by atoms with Crippen LogP contribution in [0.3, 0.4) is 0 Å². The molecule has 0 amide bonds. The Morgan fingerprint density at radius 2 is 2.40 bits per heavy atom. The van der Waals surface area contributed by atoms with Crippen LogP contribution in [0.15, 0.2) is 5.51 Å². The first-order valence-corrected chi connectivity index (χ1v) is 6.36. The molecule has 1 unspecified atom stereocenters. The molecule has 1 aromatic rings. The fraction of sp³-hybridized carbons (Fsp3) is 0.727.